The maximum Gasteiger partial charge on any atom is 0.330 e. The van der Waals surface area contributed by atoms with Crippen molar-refractivity contribution in [1.82, 2.24) is 0 Å². The Morgan fingerprint density at radius 3 is 2.59 bits per heavy atom. The second-order valence-corrected chi connectivity index (χ2v) is 4.05. The number of carboxylic acid groups (broad SMARTS) is 1. The smallest absolute Gasteiger partial charge is 0.330 e. The Morgan fingerprint density at radius 2 is 2.06 bits per heavy atom. The van der Waals surface area contributed by atoms with E-state index in [4.69, 9.17) is 9.84 Å². The third-order valence-electron chi connectivity index (χ3n) is 2.55. The van der Waals surface area contributed by atoms with Crippen molar-refractivity contribution in [1.29, 1.82) is 0 Å². The monoisotopic (exact) mass is 242 g/mol. The molecule has 0 aliphatic carbocycles. The molecule has 0 aliphatic rings. The van der Waals surface area contributed by atoms with Gasteiger partial charge in [-0.25, -0.2) is 4.79 Å². The van der Waals surface area contributed by atoms with Crippen LogP contribution in [0.3, 0.4) is 0 Å². The first-order chi connectivity index (χ1) is 8.10. The highest BCUT2D eigenvalue weighted by molar-refractivity contribution is 5.82. The fourth-order valence-corrected chi connectivity index (χ4v) is 1.40. The highest BCUT2D eigenvalue weighted by Gasteiger charge is 2.08. The van der Waals surface area contributed by atoms with Gasteiger partial charge in [0, 0.05) is 6.08 Å². The summed E-state index contributed by atoms with van der Waals surface area (Å²) in [5.41, 5.74) is 0. The van der Waals surface area contributed by atoms with Crippen molar-refractivity contribution in [2.45, 2.75) is 46.0 Å². The number of esters is 1. The van der Waals surface area contributed by atoms with Crippen LogP contribution < -0.4 is 0 Å². The molecular weight excluding hydrogens is 220 g/mol. The minimum atomic E-state index is -0.955. The molecule has 0 saturated heterocycles. The van der Waals surface area contributed by atoms with E-state index in [1.54, 1.807) is 0 Å². The van der Waals surface area contributed by atoms with Gasteiger partial charge >= 0.3 is 11.9 Å². The fourth-order valence-electron chi connectivity index (χ4n) is 1.40. The SMILES string of the molecule is CCCCC(CC)COC(=O)C=CCC(=O)O. The molecule has 0 spiro atoms. The summed E-state index contributed by atoms with van der Waals surface area (Å²) in [5, 5.41) is 8.38. The summed E-state index contributed by atoms with van der Waals surface area (Å²) in [6, 6.07) is 0. The minimum absolute atomic E-state index is 0.151. The van der Waals surface area contributed by atoms with Crippen LogP contribution in [0.5, 0.6) is 0 Å². The van der Waals surface area contributed by atoms with E-state index in [1.165, 1.54) is 12.2 Å². The Labute approximate surface area is 103 Å². The van der Waals surface area contributed by atoms with Gasteiger partial charge in [0.1, 0.15) is 0 Å². The predicted molar refractivity (Wildman–Crippen MR) is 65.7 cm³/mol. The molecule has 0 aromatic heterocycles. The average molecular weight is 242 g/mol. The van der Waals surface area contributed by atoms with E-state index in [0.29, 0.717) is 12.5 Å². The van der Waals surface area contributed by atoms with Crippen molar-refractivity contribution >= 4 is 11.9 Å². The van der Waals surface area contributed by atoms with Crippen LogP contribution in [-0.2, 0) is 14.3 Å². The molecule has 17 heavy (non-hydrogen) atoms. The fraction of sp³-hybridized carbons (Fsp3) is 0.692. The summed E-state index contributed by atoms with van der Waals surface area (Å²) >= 11 is 0. The number of hydrogen-bond acceptors (Lipinski definition) is 3. The van der Waals surface area contributed by atoms with Crippen molar-refractivity contribution in [2.75, 3.05) is 6.61 Å². The number of rotatable bonds is 9. The van der Waals surface area contributed by atoms with Crippen molar-refractivity contribution in [3.8, 4) is 0 Å². The minimum Gasteiger partial charge on any atom is -0.481 e. The van der Waals surface area contributed by atoms with Gasteiger partial charge in [0.05, 0.1) is 13.0 Å². The maximum absolute atomic E-state index is 11.2. The van der Waals surface area contributed by atoms with Gasteiger partial charge in [0.25, 0.3) is 0 Å². The molecule has 4 heteroatoms. The number of carbonyl (C=O) groups is 2. The number of carboxylic acids is 1. The zero-order valence-electron chi connectivity index (χ0n) is 10.6. The van der Waals surface area contributed by atoms with Gasteiger partial charge in [-0.15, -0.1) is 0 Å². The summed E-state index contributed by atoms with van der Waals surface area (Å²) in [4.78, 5) is 21.4. The van der Waals surface area contributed by atoms with Gasteiger partial charge in [-0.3, -0.25) is 4.79 Å². The van der Waals surface area contributed by atoms with Crippen LogP contribution in [-0.4, -0.2) is 23.7 Å². The zero-order valence-corrected chi connectivity index (χ0v) is 10.6. The Bertz CT molecular complexity index is 258. The van der Waals surface area contributed by atoms with E-state index in [1.807, 2.05) is 0 Å². The van der Waals surface area contributed by atoms with Crippen LogP contribution in [0.1, 0.15) is 46.0 Å². The van der Waals surface area contributed by atoms with Gasteiger partial charge in [-0.05, 0) is 12.3 Å². The third-order valence-corrected chi connectivity index (χ3v) is 2.55. The van der Waals surface area contributed by atoms with E-state index >= 15 is 0 Å². The molecule has 1 atom stereocenters. The number of unbranched alkanes of at least 4 members (excludes halogenated alkanes) is 1. The summed E-state index contributed by atoms with van der Waals surface area (Å²) in [7, 11) is 0. The number of ether oxygens (including phenoxy) is 1. The van der Waals surface area contributed by atoms with Crippen LogP contribution in [0.25, 0.3) is 0 Å². The molecule has 98 valence electrons. The Balaban J connectivity index is 3.80. The summed E-state index contributed by atoms with van der Waals surface area (Å²) < 4.78 is 5.06. The first-order valence-corrected chi connectivity index (χ1v) is 6.15. The molecule has 1 unspecified atom stereocenters. The second-order valence-electron chi connectivity index (χ2n) is 4.05. The van der Waals surface area contributed by atoms with Gasteiger partial charge in [0.15, 0.2) is 0 Å². The van der Waals surface area contributed by atoms with E-state index < -0.39 is 11.9 Å². The second kappa shape index (κ2) is 9.87. The van der Waals surface area contributed by atoms with Crippen LogP contribution >= 0.6 is 0 Å². The molecule has 0 aromatic carbocycles. The standard InChI is InChI=1S/C13H22O4/c1-3-5-7-11(4-2)10-17-13(16)9-6-8-12(14)15/h6,9,11H,3-5,7-8,10H2,1-2H3,(H,14,15). The van der Waals surface area contributed by atoms with Crippen molar-refractivity contribution in [3.63, 3.8) is 0 Å². The normalized spacial score (nSPS) is 12.6. The molecule has 1 N–H and O–H groups in total. The van der Waals surface area contributed by atoms with Crippen LogP contribution in [0.15, 0.2) is 12.2 Å². The molecule has 0 aromatic rings. The van der Waals surface area contributed by atoms with Crippen molar-refractivity contribution < 1.29 is 19.4 Å². The van der Waals surface area contributed by atoms with Crippen LogP contribution in [0, 0.1) is 5.92 Å². The molecule has 0 fully saturated rings. The molecule has 4 nitrogen and oxygen atoms in total. The molecular formula is C13H22O4. The first-order valence-electron chi connectivity index (χ1n) is 6.15. The predicted octanol–water partition coefficient (Wildman–Crippen LogP) is 2.78. The molecule has 0 amide bonds. The molecule has 0 bridgehead atoms. The zero-order chi connectivity index (χ0) is 13.1. The maximum atomic E-state index is 11.2. The quantitative estimate of drug-likeness (QED) is 0.499. The lowest BCUT2D eigenvalue weighted by atomic mass is 10.0. The lowest BCUT2D eigenvalue weighted by molar-refractivity contribution is -0.139. The van der Waals surface area contributed by atoms with E-state index in [2.05, 4.69) is 13.8 Å². The van der Waals surface area contributed by atoms with E-state index in [0.717, 1.165) is 25.7 Å². The number of aliphatic carboxylic acids is 1. The van der Waals surface area contributed by atoms with Crippen molar-refractivity contribution in [3.05, 3.63) is 12.2 Å². The van der Waals surface area contributed by atoms with Crippen LogP contribution in [0.4, 0.5) is 0 Å². The highest BCUT2D eigenvalue weighted by atomic mass is 16.5. The summed E-state index contributed by atoms with van der Waals surface area (Å²) in [5.74, 6) is -1.00. The molecule has 0 rings (SSSR count). The Hall–Kier alpha value is -1.32. The summed E-state index contributed by atoms with van der Waals surface area (Å²) in [6.45, 7) is 4.63. The van der Waals surface area contributed by atoms with Gasteiger partial charge in [0.2, 0.25) is 0 Å². The van der Waals surface area contributed by atoms with Crippen LogP contribution in [0.2, 0.25) is 0 Å². The molecule has 0 saturated carbocycles. The summed E-state index contributed by atoms with van der Waals surface area (Å²) in [6.07, 6.45) is 6.68. The van der Waals surface area contributed by atoms with Gasteiger partial charge < -0.3 is 9.84 Å². The molecule has 0 aliphatic heterocycles. The van der Waals surface area contributed by atoms with E-state index in [9.17, 15) is 9.59 Å². The largest absolute Gasteiger partial charge is 0.481 e. The highest BCUT2D eigenvalue weighted by Crippen LogP contribution is 2.12. The lowest BCUT2D eigenvalue weighted by Crippen LogP contribution is -2.12. The number of hydrogen-bond donors (Lipinski definition) is 1. The number of carbonyl (C=O) groups excluding carboxylic acids is 1. The third kappa shape index (κ3) is 9.60. The van der Waals surface area contributed by atoms with E-state index in [-0.39, 0.29) is 6.42 Å². The average Bonchev–Trinajstić information content (AvgIpc) is 2.29. The van der Waals surface area contributed by atoms with Gasteiger partial charge in [-0.2, -0.15) is 0 Å². The van der Waals surface area contributed by atoms with Gasteiger partial charge in [-0.1, -0.05) is 39.2 Å². The Morgan fingerprint density at radius 1 is 1.35 bits per heavy atom. The van der Waals surface area contributed by atoms with Crippen molar-refractivity contribution in [2.24, 2.45) is 5.92 Å². The lowest BCUT2D eigenvalue weighted by Gasteiger charge is -2.13. The molecule has 0 radical (unpaired) electrons. The topological polar surface area (TPSA) is 63.6 Å². The Kier molecular flexibility index (Phi) is 9.11. The first kappa shape index (κ1) is 15.7. The molecule has 0 heterocycles.